The standard InChI is InChI=1S/C35H49ClN4O8/c1-35(2,3)30(38-33(42)45-5)31(41)39-40(18-21-9-7-6-8-10-21)14-13-24(15-22-11-12-28(44-4)27(36)16-22)37-34(43)48-29-23-17-25-26(29)20-47-32(25)46-19-23/h7,9-12,16,23-26,29-30,32H,6,8,13-15,17-20H2,1-5H3,(H,37,43)(H,38,42)(H,39,41). The Balaban J connectivity index is 1.31. The van der Waals surface area contributed by atoms with Crippen LogP contribution in [0.1, 0.15) is 52.0 Å². The minimum absolute atomic E-state index is 0.129. The zero-order valence-corrected chi connectivity index (χ0v) is 29.2. The quantitative estimate of drug-likeness (QED) is 0.251. The van der Waals surface area contributed by atoms with Gasteiger partial charge in [-0.3, -0.25) is 10.2 Å². The molecule has 264 valence electrons. The lowest BCUT2D eigenvalue weighted by atomic mass is 9.86. The molecule has 13 heteroatoms. The van der Waals surface area contributed by atoms with Gasteiger partial charge in [0, 0.05) is 36.9 Å². The molecule has 1 saturated carbocycles. The maximum absolute atomic E-state index is 13.7. The summed E-state index contributed by atoms with van der Waals surface area (Å²) in [6, 6.07) is 4.33. The molecule has 2 bridgehead atoms. The van der Waals surface area contributed by atoms with Gasteiger partial charge in [0.2, 0.25) is 0 Å². The summed E-state index contributed by atoms with van der Waals surface area (Å²) in [7, 11) is 2.83. The average molecular weight is 689 g/mol. The summed E-state index contributed by atoms with van der Waals surface area (Å²) in [5.74, 6) is 0.730. The van der Waals surface area contributed by atoms with E-state index in [1.807, 2.05) is 37.9 Å². The lowest BCUT2D eigenvalue weighted by Gasteiger charge is -2.33. The number of nitrogens with zero attached hydrogens (tertiary/aromatic N) is 1. The van der Waals surface area contributed by atoms with Crippen molar-refractivity contribution in [3.63, 3.8) is 0 Å². The molecule has 3 fully saturated rings. The average Bonchev–Trinajstić information content (AvgIpc) is 3.58. The molecule has 0 radical (unpaired) electrons. The number of amides is 3. The minimum Gasteiger partial charge on any atom is -0.495 e. The summed E-state index contributed by atoms with van der Waals surface area (Å²) in [6.45, 7) is 7.49. The summed E-state index contributed by atoms with van der Waals surface area (Å²) < 4.78 is 27.8. The number of alkyl carbamates (subject to hydrolysis) is 2. The smallest absolute Gasteiger partial charge is 0.407 e. The number of halogens is 1. The number of hydrogen-bond acceptors (Lipinski definition) is 9. The number of hydrazine groups is 1. The van der Waals surface area contributed by atoms with E-state index in [1.165, 1.54) is 7.11 Å². The summed E-state index contributed by atoms with van der Waals surface area (Å²) in [5.41, 5.74) is 4.42. The van der Waals surface area contributed by atoms with Gasteiger partial charge in [-0.1, -0.05) is 56.7 Å². The molecule has 7 unspecified atom stereocenters. The van der Waals surface area contributed by atoms with E-state index in [9.17, 15) is 14.4 Å². The Kier molecular flexibility index (Phi) is 11.9. The van der Waals surface area contributed by atoms with Crippen molar-refractivity contribution < 1.29 is 38.1 Å². The maximum atomic E-state index is 13.7. The first-order valence-electron chi connectivity index (χ1n) is 16.7. The number of carbonyl (C=O) groups is 3. The molecule has 12 nitrogen and oxygen atoms in total. The number of allylic oxidation sites excluding steroid dienone is 2. The Hall–Kier alpha value is -3.32. The molecule has 5 rings (SSSR count). The Morgan fingerprint density at radius 2 is 1.85 bits per heavy atom. The second-order valence-electron chi connectivity index (χ2n) is 14.1. The van der Waals surface area contributed by atoms with Crippen molar-refractivity contribution in [2.75, 3.05) is 40.5 Å². The van der Waals surface area contributed by atoms with E-state index in [2.05, 4.69) is 34.3 Å². The highest BCUT2D eigenvalue weighted by molar-refractivity contribution is 6.32. The molecular formula is C35H49ClN4O8. The van der Waals surface area contributed by atoms with Crippen LogP contribution in [-0.2, 0) is 30.2 Å². The Morgan fingerprint density at radius 1 is 1.06 bits per heavy atom. The second kappa shape index (κ2) is 15.9. The third-order valence-electron chi connectivity index (χ3n) is 9.59. The van der Waals surface area contributed by atoms with E-state index in [4.69, 9.17) is 35.3 Å². The highest BCUT2D eigenvalue weighted by Gasteiger charge is 2.56. The van der Waals surface area contributed by atoms with Crippen LogP contribution >= 0.6 is 11.6 Å². The van der Waals surface area contributed by atoms with Gasteiger partial charge in [0.15, 0.2) is 6.29 Å². The summed E-state index contributed by atoms with van der Waals surface area (Å²) in [4.78, 5) is 39.3. The van der Waals surface area contributed by atoms with Crippen LogP contribution in [0.25, 0.3) is 0 Å². The van der Waals surface area contributed by atoms with Crippen molar-refractivity contribution in [2.45, 2.75) is 77.4 Å². The third kappa shape index (κ3) is 9.02. The molecule has 3 amide bonds. The number of methoxy groups -OCH3 is 2. The Labute approximate surface area is 287 Å². The topological polar surface area (TPSA) is 137 Å². The zero-order valence-electron chi connectivity index (χ0n) is 28.5. The predicted molar refractivity (Wildman–Crippen MR) is 179 cm³/mol. The molecule has 2 aliphatic carbocycles. The summed E-state index contributed by atoms with van der Waals surface area (Å²) in [5, 5.41) is 8.09. The van der Waals surface area contributed by atoms with Gasteiger partial charge in [-0.15, -0.1) is 0 Å². The van der Waals surface area contributed by atoms with Crippen molar-refractivity contribution in [1.82, 2.24) is 21.1 Å². The van der Waals surface area contributed by atoms with Crippen LogP contribution in [0.5, 0.6) is 5.75 Å². The van der Waals surface area contributed by atoms with Crippen molar-refractivity contribution in [1.29, 1.82) is 0 Å². The lowest BCUT2D eigenvalue weighted by Crippen LogP contribution is -2.58. The number of carbonyl (C=O) groups excluding carboxylic acids is 3. The molecular weight excluding hydrogens is 640 g/mol. The van der Waals surface area contributed by atoms with Crippen LogP contribution in [0, 0.1) is 23.2 Å². The molecule has 48 heavy (non-hydrogen) atoms. The number of ether oxygens (including phenoxy) is 5. The maximum Gasteiger partial charge on any atom is 0.407 e. The zero-order chi connectivity index (χ0) is 34.4. The van der Waals surface area contributed by atoms with E-state index < -0.39 is 23.6 Å². The first-order chi connectivity index (χ1) is 22.9. The van der Waals surface area contributed by atoms with Crippen molar-refractivity contribution in [3.8, 4) is 5.75 Å². The van der Waals surface area contributed by atoms with Crippen LogP contribution < -0.4 is 20.8 Å². The summed E-state index contributed by atoms with van der Waals surface area (Å²) >= 11 is 6.46. The van der Waals surface area contributed by atoms with Gasteiger partial charge in [-0.05, 0) is 60.8 Å². The van der Waals surface area contributed by atoms with Crippen molar-refractivity contribution >= 4 is 29.7 Å². The highest BCUT2D eigenvalue weighted by atomic mass is 35.5. The van der Waals surface area contributed by atoms with Crippen LogP contribution in [0.15, 0.2) is 42.0 Å². The number of rotatable bonds is 13. The lowest BCUT2D eigenvalue weighted by molar-refractivity contribution is -0.169. The van der Waals surface area contributed by atoms with E-state index in [1.54, 1.807) is 13.2 Å². The van der Waals surface area contributed by atoms with E-state index >= 15 is 0 Å². The largest absolute Gasteiger partial charge is 0.495 e. The van der Waals surface area contributed by atoms with Crippen LogP contribution in [0.3, 0.4) is 0 Å². The fourth-order valence-electron chi connectivity index (χ4n) is 7.08. The monoisotopic (exact) mass is 688 g/mol. The molecule has 1 aromatic carbocycles. The molecule has 0 aromatic heterocycles. The van der Waals surface area contributed by atoms with Gasteiger partial charge in [-0.2, -0.15) is 0 Å². The fourth-order valence-corrected chi connectivity index (χ4v) is 7.36. The van der Waals surface area contributed by atoms with E-state index in [0.717, 1.165) is 30.4 Å². The van der Waals surface area contributed by atoms with Crippen LogP contribution in [0.4, 0.5) is 9.59 Å². The molecule has 2 saturated heterocycles. The molecule has 7 atom stereocenters. The third-order valence-corrected chi connectivity index (χ3v) is 9.88. The first kappa shape index (κ1) is 36.0. The van der Waals surface area contributed by atoms with Crippen molar-refractivity contribution in [2.24, 2.45) is 23.2 Å². The fraction of sp³-hybridized carbons (Fsp3) is 0.629. The van der Waals surface area contributed by atoms with Crippen LogP contribution in [-0.4, -0.2) is 88.1 Å². The highest BCUT2D eigenvalue weighted by Crippen LogP contribution is 2.49. The Morgan fingerprint density at radius 3 is 2.54 bits per heavy atom. The van der Waals surface area contributed by atoms with Gasteiger partial charge in [0.1, 0.15) is 17.9 Å². The second-order valence-corrected chi connectivity index (χ2v) is 14.5. The molecule has 4 aliphatic rings. The predicted octanol–water partition coefficient (Wildman–Crippen LogP) is 4.76. The summed E-state index contributed by atoms with van der Waals surface area (Å²) in [6.07, 6.45) is 8.41. The number of hydrogen-bond donors (Lipinski definition) is 3. The number of fused-ring (bicyclic) bond motifs is 1. The molecule has 3 N–H and O–H groups in total. The minimum atomic E-state index is -0.859. The molecule has 2 heterocycles. The molecule has 1 aromatic rings. The normalized spacial score (nSPS) is 25.6. The van der Waals surface area contributed by atoms with E-state index in [-0.39, 0.29) is 42.1 Å². The van der Waals surface area contributed by atoms with Gasteiger partial charge in [0.25, 0.3) is 5.91 Å². The molecule has 0 spiro atoms. The first-order valence-corrected chi connectivity index (χ1v) is 17.1. The van der Waals surface area contributed by atoms with Crippen molar-refractivity contribution in [3.05, 3.63) is 52.6 Å². The van der Waals surface area contributed by atoms with Crippen LogP contribution in [0.2, 0.25) is 5.02 Å². The van der Waals surface area contributed by atoms with E-state index in [0.29, 0.717) is 49.9 Å². The molecule has 2 aliphatic heterocycles. The number of benzene rings is 1. The van der Waals surface area contributed by atoms with Gasteiger partial charge >= 0.3 is 12.2 Å². The Bertz CT molecular complexity index is 1380. The number of nitrogens with one attached hydrogen (secondary N) is 3. The van der Waals surface area contributed by atoms with Gasteiger partial charge in [-0.25, -0.2) is 14.6 Å². The van der Waals surface area contributed by atoms with Gasteiger partial charge < -0.3 is 34.3 Å². The SMILES string of the molecule is COC(=O)NC(C(=O)NN(CCC(Cc1ccc(OC)c(Cl)c1)NC(=O)OC1C2COC3OCC1C3C2)CC1=CCCC=C1)C(C)(C)C. The van der Waals surface area contributed by atoms with Gasteiger partial charge in [0.05, 0.1) is 32.5 Å².